The van der Waals surface area contributed by atoms with Crippen molar-refractivity contribution in [3.8, 4) is 11.8 Å². The van der Waals surface area contributed by atoms with Crippen molar-refractivity contribution in [3.63, 3.8) is 0 Å². The van der Waals surface area contributed by atoms with Crippen LogP contribution < -0.4 is 0 Å². The molecular formula is C42H44N2O4. The van der Waals surface area contributed by atoms with Gasteiger partial charge in [0.15, 0.2) is 0 Å². The number of nitrogens with zero attached hydrogens (tertiary/aromatic N) is 2. The second-order valence-corrected chi connectivity index (χ2v) is 13.2. The largest absolute Gasteiger partial charge is 0.375 e. The van der Waals surface area contributed by atoms with E-state index >= 15 is 0 Å². The van der Waals surface area contributed by atoms with Crippen LogP contribution in [-0.4, -0.2) is 28.4 Å². The summed E-state index contributed by atoms with van der Waals surface area (Å²) in [7, 11) is 0. The lowest BCUT2D eigenvalue weighted by molar-refractivity contribution is -0.188. The van der Waals surface area contributed by atoms with E-state index in [0.29, 0.717) is 38.7 Å². The zero-order valence-electron chi connectivity index (χ0n) is 28.0. The molecule has 0 saturated heterocycles. The fraction of sp³-hybridized carbons (Fsp3) is 0.310. The fourth-order valence-electron chi connectivity index (χ4n) is 5.79. The Kier molecular flexibility index (Phi) is 11.2. The van der Waals surface area contributed by atoms with Crippen molar-refractivity contribution >= 4 is 0 Å². The van der Waals surface area contributed by atoms with Gasteiger partial charge in [-0.1, -0.05) is 127 Å². The Morgan fingerprint density at radius 3 is 1.56 bits per heavy atom. The number of fused-ring (bicyclic) bond motifs is 1. The number of hydrogen-bond acceptors (Lipinski definition) is 5. The summed E-state index contributed by atoms with van der Waals surface area (Å²) in [6, 6.07) is 40.6. The van der Waals surface area contributed by atoms with Crippen LogP contribution in [0.4, 0.5) is 0 Å². The number of imidazole rings is 1. The minimum Gasteiger partial charge on any atom is -0.375 e. The highest BCUT2D eigenvalue weighted by atomic mass is 16.6. The lowest BCUT2D eigenvalue weighted by Gasteiger charge is -2.42. The van der Waals surface area contributed by atoms with Gasteiger partial charge in [-0.25, -0.2) is 4.98 Å². The summed E-state index contributed by atoms with van der Waals surface area (Å²) in [5, 5.41) is 0. The van der Waals surface area contributed by atoms with E-state index in [1.54, 1.807) is 0 Å². The van der Waals surface area contributed by atoms with E-state index in [4.69, 9.17) is 23.9 Å². The molecule has 5 aromatic rings. The highest BCUT2D eigenvalue weighted by Gasteiger charge is 2.47. The van der Waals surface area contributed by atoms with Crippen molar-refractivity contribution in [1.29, 1.82) is 0 Å². The first-order valence-corrected chi connectivity index (χ1v) is 16.6. The van der Waals surface area contributed by atoms with Gasteiger partial charge in [0.2, 0.25) is 0 Å². The summed E-state index contributed by atoms with van der Waals surface area (Å²) >= 11 is 0. The highest BCUT2D eigenvalue weighted by Crippen LogP contribution is 2.40. The van der Waals surface area contributed by atoms with Gasteiger partial charge in [0, 0.05) is 11.6 Å². The van der Waals surface area contributed by atoms with E-state index in [1.165, 1.54) is 0 Å². The van der Waals surface area contributed by atoms with Crippen LogP contribution in [0.3, 0.4) is 0 Å². The lowest BCUT2D eigenvalue weighted by Crippen LogP contribution is -2.50. The van der Waals surface area contributed by atoms with Gasteiger partial charge in [-0.3, -0.25) is 0 Å². The minimum atomic E-state index is -0.523. The van der Waals surface area contributed by atoms with Crippen LogP contribution >= 0.6 is 0 Å². The summed E-state index contributed by atoms with van der Waals surface area (Å²) < 4.78 is 29.1. The molecule has 48 heavy (non-hydrogen) atoms. The topological polar surface area (TPSA) is 54.7 Å². The van der Waals surface area contributed by atoms with E-state index in [-0.39, 0.29) is 11.5 Å². The molecular weight excluding hydrogens is 596 g/mol. The Hall–Kier alpha value is -4.51. The molecule has 4 aromatic carbocycles. The van der Waals surface area contributed by atoms with Gasteiger partial charge in [0.25, 0.3) is 0 Å². The van der Waals surface area contributed by atoms with E-state index in [0.717, 1.165) is 28.1 Å². The second-order valence-electron chi connectivity index (χ2n) is 13.2. The monoisotopic (exact) mass is 640 g/mol. The molecule has 0 fully saturated rings. The number of ether oxygens (including phenoxy) is 4. The van der Waals surface area contributed by atoms with Gasteiger partial charge < -0.3 is 23.5 Å². The van der Waals surface area contributed by atoms with Crippen molar-refractivity contribution in [3.05, 3.63) is 161 Å². The Morgan fingerprint density at radius 2 is 1.06 bits per heavy atom. The Bertz CT molecular complexity index is 1760. The number of rotatable bonds is 13. The third-order valence-electron chi connectivity index (χ3n) is 8.18. The molecule has 1 aliphatic rings. The molecule has 0 spiro atoms. The average Bonchev–Trinajstić information content (AvgIpc) is 3.54. The molecule has 4 unspecified atom stereocenters. The third kappa shape index (κ3) is 9.09. The summed E-state index contributed by atoms with van der Waals surface area (Å²) in [5.74, 6) is 7.44. The molecule has 6 rings (SSSR count). The molecule has 4 atom stereocenters. The molecule has 1 aromatic heterocycles. The predicted molar refractivity (Wildman–Crippen MR) is 188 cm³/mol. The standard InChI is InChI=1S/C42H44N2O4/c1-42(2,3)25-24-36-26-44-37(31-45-27-32-16-8-4-9-17-32)38(46-28-33-18-10-5-11-19-33)39(47-29-34-20-12-6-13-21-34)40(41(44)43-36)48-30-35-22-14-7-15-23-35/h4-23,26,37-40H,27-31H2,1-3H3. The number of benzene rings is 4. The summed E-state index contributed by atoms with van der Waals surface area (Å²) in [6.45, 7) is 8.38. The Balaban J connectivity index is 1.40. The van der Waals surface area contributed by atoms with Crippen LogP contribution in [0, 0.1) is 17.3 Å². The van der Waals surface area contributed by atoms with Crippen molar-refractivity contribution < 1.29 is 18.9 Å². The molecule has 246 valence electrons. The summed E-state index contributed by atoms with van der Waals surface area (Å²) in [4.78, 5) is 5.10. The predicted octanol–water partition coefficient (Wildman–Crippen LogP) is 8.48. The van der Waals surface area contributed by atoms with Crippen LogP contribution in [0.1, 0.15) is 66.7 Å². The first-order valence-electron chi connectivity index (χ1n) is 16.6. The molecule has 0 aliphatic carbocycles. The normalized spacial score (nSPS) is 18.9. The summed E-state index contributed by atoms with van der Waals surface area (Å²) in [6.07, 6.45) is 0.595. The minimum absolute atomic E-state index is 0.172. The molecule has 0 bridgehead atoms. The van der Waals surface area contributed by atoms with Gasteiger partial charge >= 0.3 is 0 Å². The molecule has 6 nitrogen and oxygen atoms in total. The van der Waals surface area contributed by atoms with Crippen LogP contribution in [0.2, 0.25) is 0 Å². The van der Waals surface area contributed by atoms with Gasteiger partial charge in [0.1, 0.15) is 29.8 Å². The van der Waals surface area contributed by atoms with Gasteiger partial charge in [0.05, 0.1) is 39.1 Å². The van der Waals surface area contributed by atoms with Crippen LogP contribution in [0.15, 0.2) is 128 Å². The number of aromatic nitrogens is 2. The highest BCUT2D eigenvalue weighted by molar-refractivity contribution is 5.31. The molecule has 0 N–H and O–H groups in total. The molecule has 0 saturated carbocycles. The van der Waals surface area contributed by atoms with Crippen molar-refractivity contribution in [2.75, 3.05) is 6.61 Å². The second kappa shape index (κ2) is 16.1. The van der Waals surface area contributed by atoms with Gasteiger partial charge in [-0.15, -0.1) is 0 Å². The Labute approximate surface area is 284 Å². The first-order chi connectivity index (χ1) is 23.4. The number of hydrogen-bond donors (Lipinski definition) is 0. The van der Waals surface area contributed by atoms with Crippen molar-refractivity contribution in [2.24, 2.45) is 5.41 Å². The van der Waals surface area contributed by atoms with E-state index in [1.807, 2.05) is 79.0 Å². The zero-order chi connectivity index (χ0) is 33.2. The maximum Gasteiger partial charge on any atom is 0.144 e. The van der Waals surface area contributed by atoms with Crippen molar-refractivity contribution in [2.45, 2.75) is 71.6 Å². The average molecular weight is 641 g/mol. The van der Waals surface area contributed by atoms with Gasteiger partial charge in [-0.05, 0) is 48.9 Å². The lowest BCUT2D eigenvalue weighted by atomic mass is 9.95. The van der Waals surface area contributed by atoms with E-state index in [2.05, 4.69) is 85.7 Å². The maximum atomic E-state index is 6.88. The maximum absolute atomic E-state index is 6.88. The fourth-order valence-corrected chi connectivity index (χ4v) is 5.79. The molecule has 0 radical (unpaired) electrons. The third-order valence-corrected chi connectivity index (χ3v) is 8.18. The molecule has 2 heterocycles. The molecule has 6 heteroatoms. The van der Waals surface area contributed by atoms with E-state index < -0.39 is 18.3 Å². The SMILES string of the molecule is CC(C)(C)C#Cc1cn2c(n1)C(OCc1ccccc1)C(OCc1ccccc1)C(OCc1ccccc1)C2COCc1ccccc1. The quantitative estimate of drug-likeness (QED) is 0.121. The van der Waals surface area contributed by atoms with Crippen molar-refractivity contribution in [1.82, 2.24) is 9.55 Å². The van der Waals surface area contributed by atoms with Crippen LogP contribution in [-0.2, 0) is 45.4 Å². The summed E-state index contributed by atoms with van der Waals surface area (Å²) in [5.41, 5.74) is 4.85. The molecule has 0 amide bonds. The molecule has 1 aliphatic heterocycles. The van der Waals surface area contributed by atoms with Crippen LogP contribution in [0.25, 0.3) is 0 Å². The van der Waals surface area contributed by atoms with Crippen LogP contribution in [0.5, 0.6) is 0 Å². The van der Waals surface area contributed by atoms with E-state index in [9.17, 15) is 0 Å². The first kappa shape index (κ1) is 33.4. The smallest absolute Gasteiger partial charge is 0.144 e. The Morgan fingerprint density at radius 1 is 0.604 bits per heavy atom. The van der Waals surface area contributed by atoms with Gasteiger partial charge in [-0.2, -0.15) is 0 Å². The zero-order valence-corrected chi connectivity index (χ0v) is 28.0.